The molecule has 0 unspecified atom stereocenters. The van der Waals surface area contributed by atoms with Gasteiger partial charge in [0.1, 0.15) is 0 Å². The Bertz CT molecular complexity index is 1210. The first kappa shape index (κ1) is 22.3. The van der Waals surface area contributed by atoms with Gasteiger partial charge in [-0.3, -0.25) is 9.10 Å². The molecule has 0 spiro atoms. The van der Waals surface area contributed by atoms with E-state index in [1.807, 2.05) is 0 Å². The van der Waals surface area contributed by atoms with Crippen LogP contribution in [0.3, 0.4) is 0 Å². The highest BCUT2D eigenvalue weighted by atomic mass is 35.5. The van der Waals surface area contributed by atoms with Gasteiger partial charge in [-0.2, -0.15) is 0 Å². The molecule has 3 aromatic rings. The van der Waals surface area contributed by atoms with Crippen LogP contribution in [-0.2, 0) is 16.6 Å². The summed E-state index contributed by atoms with van der Waals surface area (Å²) in [6, 6.07) is 18.7. The average Bonchev–Trinajstić information content (AvgIpc) is 2.73. The van der Waals surface area contributed by atoms with E-state index in [2.05, 4.69) is 5.32 Å². The van der Waals surface area contributed by atoms with E-state index in [0.717, 1.165) is 11.8 Å². The van der Waals surface area contributed by atoms with Gasteiger partial charge in [0.25, 0.3) is 5.91 Å². The smallest absolute Gasteiger partial charge is 0.255 e. The van der Waals surface area contributed by atoms with Crippen molar-refractivity contribution in [2.45, 2.75) is 6.54 Å². The Labute approximate surface area is 184 Å². The van der Waals surface area contributed by atoms with E-state index in [1.165, 1.54) is 46.8 Å². The third-order valence-electron chi connectivity index (χ3n) is 4.45. The van der Waals surface area contributed by atoms with Crippen molar-refractivity contribution in [2.24, 2.45) is 0 Å². The molecule has 1 N–H and O–H groups in total. The van der Waals surface area contributed by atoms with Crippen LogP contribution in [0.1, 0.15) is 26.3 Å². The molecule has 0 aliphatic heterocycles. The van der Waals surface area contributed by atoms with Crippen LogP contribution in [0, 0.1) is 0 Å². The van der Waals surface area contributed by atoms with Crippen molar-refractivity contribution < 1.29 is 23.1 Å². The average molecular weight is 458 g/mol. The Hall–Kier alpha value is -3.36. The zero-order valence-corrected chi connectivity index (χ0v) is 18.0. The number of sulfonamides is 1. The molecule has 0 heterocycles. The first-order valence-electron chi connectivity index (χ1n) is 9.09. The maximum atomic E-state index is 12.5. The lowest BCUT2D eigenvalue weighted by atomic mass is 10.1. The molecule has 0 saturated heterocycles. The second kappa shape index (κ2) is 9.20. The SMILES string of the molecule is CS(=O)(=O)N(Cc1ccc(Cl)cc1)c1ccc(C(=O)Nc2ccccc2C(=O)[O-])cc1. The van der Waals surface area contributed by atoms with E-state index >= 15 is 0 Å². The van der Waals surface area contributed by atoms with Crippen LogP contribution in [-0.4, -0.2) is 26.6 Å². The van der Waals surface area contributed by atoms with Crippen molar-refractivity contribution in [1.82, 2.24) is 0 Å². The van der Waals surface area contributed by atoms with Gasteiger partial charge in [0, 0.05) is 16.1 Å². The molecule has 1 amide bonds. The number of nitrogens with one attached hydrogen (secondary N) is 1. The highest BCUT2D eigenvalue weighted by Gasteiger charge is 2.19. The second-order valence-electron chi connectivity index (χ2n) is 6.73. The van der Waals surface area contributed by atoms with Gasteiger partial charge in [0.05, 0.1) is 30.1 Å². The van der Waals surface area contributed by atoms with Crippen LogP contribution in [0.5, 0.6) is 0 Å². The second-order valence-corrected chi connectivity index (χ2v) is 9.07. The molecule has 0 radical (unpaired) electrons. The molecule has 0 aromatic heterocycles. The number of carbonyl (C=O) groups is 2. The number of hydrogen-bond donors (Lipinski definition) is 1. The number of anilines is 2. The fraction of sp³-hybridized carbons (Fsp3) is 0.0909. The Kier molecular flexibility index (Phi) is 6.62. The van der Waals surface area contributed by atoms with Gasteiger partial charge < -0.3 is 15.2 Å². The van der Waals surface area contributed by atoms with Gasteiger partial charge in [-0.15, -0.1) is 0 Å². The van der Waals surface area contributed by atoms with Crippen LogP contribution in [0.15, 0.2) is 72.8 Å². The molecule has 0 aliphatic carbocycles. The van der Waals surface area contributed by atoms with E-state index in [1.54, 1.807) is 30.3 Å². The molecule has 7 nitrogen and oxygen atoms in total. The van der Waals surface area contributed by atoms with Crippen molar-refractivity contribution in [2.75, 3.05) is 15.9 Å². The van der Waals surface area contributed by atoms with Crippen molar-refractivity contribution >= 4 is 44.9 Å². The maximum absolute atomic E-state index is 12.5. The molecule has 0 fully saturated rings. The van der Waals surface area contributed by atoms with Crippen molar-refractivity contribution in [3.63, 3.8) is 0 Å². The van der Waals surface area contributed by atoms with Crippen LogP contribution < -0.4 is 14.7 Å². The number of amides is 1. The predicted molar refractivity (Wildman–Crippen MR) is 118 cm³/mol. The number of benzene rings is 3. The summed E-state index contributed by atoms with van der Waals surface area (Å²) in [6.45, 7) is 0.0978. The summed E-state index contributed by atoms with van der Waals surface area (Å²) in [5.74, 6) is -1.94. The van der Waals surface area contributed by atoms with Crippen LogP contribution in [0.4, 0.5) is 11.4 Å². The normalized spacial score (nSPS) is 11.0. The van der Waals surface area contributed by atoms with Gasteiger partial charge in [-0.05, 0) is 48.0 Å². The highest BCUT2D eigenvalue weighted by Crippen LogP contribution is 2.23. The molecule has 0 aliphatic rings. The van der Waals surface area contributed by atoms with Gasteiger partial charge in [0.2, 0.25) is 10.0 Å². The Morgan fingerprint density at radius 2 is 1.58 bits per heavy atom. The fourth-order valence-corrected chi connectivity index (χ4v) is 3.91. The zero-order valence-electron chi connectivity index (χ0n) is 16.4. The number of carboxylic acid groups (broad SMARTS) is 1. The maximum Gasteiger partial charge on any atom is 0.255 e. The third-order valence-corrected chi connectivity index (χ3v) is 5.84. The molecule has 0 bridgehead atoms. The highest BCUT2D eigenvalue weighted by molar-refractivity contribution is 7.92. The standard InChI is InChI=1S/C22H19ClN2O5S/c1-31(29,30)25(14-15-6-10-17(23)11-7-15)18-12-8-16(9-13-18)21(26)24-20-5-3-2-4-19(20)22(27)28/h2-13H,14H2,1H3,(H,24,26)(H,27,28)/p-1. The number of carbonyl (C=O) groups excluding carboxylic acids is 2. The first-order chi connectivity index (χ1) is 14.6. The minimum Gasteiger partial charge on any atom is -0.545 e. The Morgan fingerprint density at radius 3 is 2.16 bits per heavy atom. The number of aromatic carboxylic acids is 1. The van der Waals surface area contributed by atoms with Crippen LogP contribution >= 0.6 is 11.6 Å². The zero-order chi connectivity index (χ0) is 22.6. The van der Waals surface area contributed by atoms with E-state index in [0.29, 0.717) is 10.7 Å². The number of rotatable bonds is 7. The molecule has 9 heteroatoms. The van der Waals surface area contributed by atoms with E-state index < -0.39 is 21.9 Å². The van der Waals surface area contributed by atoms with Gasteiger partial charge >= 0.3 is 0 Å². The molecule has 0 atom stereocenters. The van der Waals surface area contributed by atoms with Crippen LogP contribution in [0.2, 0.25) is 5.02 Å². The molecule has 3 rings (SSSR count). The van der Waals surface area contributed by atoms with Gasteiger partial charge in [-0.1, -0.05) is 41.9 Å². The van der Waals surface area contributed by atoms with Gasteiger partial charge in [0.15, 0.2) is 0 Å². The topological polar surface area (TPSA) is 107 Å². The lowest BCUT2D eigenvalue weighted by Gasteiger charge is -2.23. The lowest BCUT2D eigenvalue weighted by Crippen LogP contribution is -2.29. The summed E-state index contributed by atoms with van der Waals surface area (Å²) in [4.78, 5) is 23.7. The van der Waals surface area contributed by atoms with E-state index in [-0.39, 0.29) is 23.4 Å². The lowest BCUT2D eigenvalue weighted by molar-refractivity contribution is -0.254. The largest absolute Gasteiger partial charge is 0.545 e. The first-order valence-corrected chi connectivity index (χ1v) is 11.3. The summed E-state index contributed by atoms with van der Waals surface area (Å²) < 4.78 is 25.9. The number of hydrogen-bond acceptors (Lipinski definition) is 5. The molecular formula is C22H18ClN2O5S-. The van der Waals surface area contributed by atoms with E-state index in [4.69, 9.17) is 11.6 Å². The predicted octanol–water partition coefficient (Wildman–Crippen LogP) is 2.92. The number of carboxylic acids is 1. The molecule has 160 valence electrons. The van der Waals surface area contributed by atoms with E-state index in [9.17, 15) is 23.1 Å². The minimum absolute atomic E-state index is 0.0978. The molecule has 3 aromatic carbocycles. The minimum atomic E-state index is -3.60. The monoisotopic (exact) mass is 457 g/mol. The number of nitrogens with zero attached hydrogens (tertiary/aromatic N) is 1. The molecule has 31 heavy (non-hydrogen) atoms. The Morgan fingerprint density at radius 1 is 0.968 bits per heavy atom. The fourth-order valence-electron chi connectivity index (χ4n) is 2.90. The Balaban J connectivity index is 1.82. The van der Waals surface area contributed by atoms with Gasteiger partial charge in [-0.25, -0.2) is 8.42 Å². The van der Waals surface area contributed by atoms with Crippen molar-refractivity contribution in [1.29, 1.82) is 0 Å². The number of para-hydroxylation sites is 1. The summed E-state index contributed by atoms with van der Waals surface area (Å²) in [5.41, 5.74) is 1.33. The number of halogens is 1. The molecule has 0 saturated carbocycles. The van der Waals surface area contributed by atoms with Crippen molar-refractivity contribution in [3.8, 4) is 0 Å². The summed E-state index contributed by atoms with van der Waals surface area (Å²) >= 11 is 5.88. The third kappa shape index (κ3) is 5.62. The summed E-state index contributed by atoms with van der Waals surface area (Å²) in [5, 5.41) is 14.3. The molecular weight excluding hydrogens is 440 g/mol. The summed E-state index contributed by atoms with van der Waals surface area (Å²) in [6.07, 6.45) is 1.10. The summed E-state index contributed by atoms with van der Waals surface area (Å²) in [7, 11) is -3.60. The van der Waals surface area contributed by atoms with Crippen LogP contribution in [0.25, 0.3) is 0 Å². The quantitative estimate of drug-likeness (QED) is 0.587. The van der Waals surface area contributed by atoms with Crippen molar-refractivity contribution in [3.05, 3.63) is 94.5 Å².